The van der Waals surface area contributed by atoms with Gasteiger partial charge in [-0.3, -0.25) is 19.7 Å². The minimum absolute atomic E-state index is 0.0407. The van der Waals surface area contributed by atoms with Crippen LogP contribution in [0.5, 0.6) is 0 Å². The molecule has 8 heteroatoms. The van der Waals surface area contributed by atoms with Crippen molar-refractivity contribution in [1.82, 2.24) is 10.2 Å². The summed E-state index contributed by atoms with van der Waals surface area (Å²) in [5.41, 5.74) is 3.04. The van der Waals surface area contributed by atoms with Gasteiger partial charge >= 0.3 is 0 Å². The maximum Gasteiger partial charge on any atom is 0.269 e. The second kappa shape index (κ2) is 13.0. The number of carbonyl (C=O) groups excluding carboxylic acids is 2. The average molecular weight is 472 g/mol. The molecule has 0 spiro atoms. The minimum atomic E-state index is -0.549. The Morgan fingerprint density at radius 3 is 2.36 bits per heavy atom. The van der Waals surface area contributed by atoms with E-state index in [0.717, 1.165) is 23.1 Å². The Balaban J connectivity index is 2.12. The van der Waals surface area contributed by atoms with Gasteiger partial charge in [-0.15, -0.1) is 11.8 Å². The zero-order valence-electron chi connectivity index (χ0n) is 19.7. The van der Waals surface area contributed by atoms with Gasteiger partial charge in [0.1, 0.15) is 6.04 Å². The first-order valence-electron chi connectivity index (χ1n) is 11.2. The van der Waals surface area contributed by atoms with E-state index in [1.807, 2.05) is 52.0 Å². The average Bonchev–Trinajstić information content (AvgIpc) is 2.79. The zero-order chi connectivity index (χ0) is 24.4. The number of carbonyl (C=O) groups is 2. The number of benzene rings is 2. The molecule has 0 aromatic heterocycles. The molecule has 2 aromatic carbocycles. The molecule has 33 heavy (non-hydrogen) atoms. The van der Waals surface area contributed by atoms with Crippen molar-refractivity contribution in [3.63, 3.8) is 0 Å². The van der Waals surface area contributed by atoms with Gasteiger partial charge in [-0.25, -0.2) is 0 Å². The lowest BCUT2D eigenvalue weighted by Crippen LogP contribution is -2.51. The molecule has 0 saturated heterocycles. The van der Waals surface area contributed by atoms with Gasteiger partial charge in [0.25, 0.3) is 5.69 Å². The van der Waals surface area contributed by atoms with Crippen LogP contribution in [0.3, 0.4) is 0 Å². The summed E-state index contributed by atoms with van der Waals surface area (Å²) in [6, 6.07) is 13.8. The van der Waals surface area contributed by atoms with E-state index < -0.39 is 11.0 Å². The number of thioether (sulfide) groups is 1. The Morgan fingerprint density at radius 1 is 1.09 bits per heavy atom. The number of non-ortho nitro benzene ring substituents is 1. The van der Waals surface area contributed by atoms with Crippen LogP contribution in [0.1, 0.15) is 50.3 Å². The van der Waals surface area contributed by atoms with Crippen LogP contribution in [-0.4, -0.2) is 39.5 Å². The lowest BCUT2D eigenvalue weighted by molar-refractivity contribution is -0.384. The third-order valence-corrected chi connectivity index (χ3v) is 6.45. The first kappa shape index (κ1) is 26.4. The monoisotopic (exact) mass is 471 g/mol. The molecule has 0 aliphatic carbocycles. The lowest BCUT2D eigenvalue weighted by Gasteiger charge is -2.31. The van der Waals surface area contributed by atoms with Crippen molar-refractivity contribution in [1.29, 1.82) is 0 Å². The first-order valence-corrected chi connectivity index (χ1v) is 12.4. The van der Waals surface area contributed by atoms with E-state index in [4.69, 9.17) is 0 Å². The number of aryl methyl sites for hydroxylation is 1. The number of rotatable bonds is 12. The Bertz CT molecular complexity index is 949. The number of nitro benzene ring substituents is 1. The molecule has 0 radical (unpaired) electrons. The fraction of sp³-hybridized carbons (Fsp3) is 0.440. The standard InChI is InChI=1S/C25H33N3O4S/c1-5-19(4)26-25(30)23(6-2)27(15-21-9-7-8-18(3)14-21)24(29)17-33-16-20-10-12-22(13-11-20)28(31)32/h7-14,19,23H,5-6,15-17H2,1-4H3,(H,26,30)/t19-,23-/m1/s1. The van der Waals surface area contributed by atoms with Crippen molar-refractivity contribution >= 4 is 29.3 Å². The highest BCUT2D eigenvalue weighted by molar-refractivity contribution is 7.99. The fourth-order valence-corrected chi connectivity index (χ4v) is 4.29. The van der Waals surface area contributed by atoms with E-state index in [9.17, 15) is 19.7 Å². The molecule has 0 heterocycles. The van der Waals surface area contributed by atoms with Crippen molar-refractivity contribution in [3.05, 3.63) is 75.3 Å². The highest BCUT2D eigenvalue weighted by Crippen LogP contribution is 2.19. The number of amides is 2. The summed E-state index contributed by atoms with van der Waals surface area (Å²) in [5, 5.41) is 13.8. The van der Waals surface area contributed by atoms with Gasteiger partial charge in [-0.2, -0.15) is 0 Å². The minimum Gasteiger partial charge on any atom is -0.352 e. The van der Waals surface area contributed by atoms with Crippen LogP contribution in [-0.2, 0) is 21.9 Å². The predicted octanol–water partition coefficient (Wildman–Crippen LogP) is 4.86. The number of hydrogen-bond donors (Lipinski definition) is 1. The maximum absolute atomic E-state index is 13.3. The van der Waals surface area contributed by atoms with Crippen LogP contribution in [0.25, 0.3) is 0 Å². The highest BCUT2D eigenvalue weighted by Gasteiger charge is 2.29. The molecule has 0 aliphatic rings. The predicted molar refractivity (Wildman–Crippen MR) is 133 cm³/mol. The molecule has 2 rings (SSSR count). The molecule has 0 saturated carbocycles. The van der Waals surface area contributed by atoms with Crippen LogP contribution in [0.4, 0.5) is 5.69 Å². The molecule has 2 aromatic rings. The van der Waals surface area contributed by atoms with E-state index in [-0.39, 0.29) is 29.3 Å². The van der Waals surface area contributed by atoms with Crippen molar-refractivity contribution < 1.29 is 14.5 Å². The Hall–Kier alpha value is -2.87. The lowest BCUT2D eigenvalue weighted by atomic mass is 10.1. The Kier molecular flexibility index (Phi) is 10.4. The van der Waals surface area contributed by atoms with Crippen LogP contribution >= 0.6 is 11.8 Å². The van der Waals surface area contributed by atoms with Crippen molar-refractivity contribution in [2.75, 3.05) is 5.75 Å². The van der Waals surface area contributed by atoms with Crippen LogP contribution < -0.4 is 5.32 Å². The number of nitrogens with one attached hydrogen (secondary N) is 1. The fourth-order valence-electron chi connectivity index (χ4n) is 3.42. The maximum atomic E-state index is 13.3. The molecule has 178 valence electrons. The van der Waals surface area contributed by atoms with Crippen LogP contribution in [0, 0.1) is 17.0 Å². The first-order chi connectivity index (χ1) is 15.7. The van der Waals surface area contributed by atoms with E-state index in [0.29, 0.717) is 18.7 Å². The number of nitro groups is 1. The normalized spacial score (nSPS) is 12.6. The largest absolute Gasteiger partial charge is 0.352 e. The van der Waals surface area contributed by atoms with Gasteiger partial charge < -0.3 is 10.2 Å². The van der Waals surface area contributed by atoms with Crippen LogP contribution in [0.15, 0.2) is 48.5 Å². The molecule has 2 atom stereocenters. The summed E-state index contributed by atoms with van der Waals surface area (Å²) < 4.78 is 0. The quantitative estimate of drug-likeness (QED) is 0.353. The van der Waals surface area contributed by atoms with E-state index in [1.165, 1.54) is 23.9 Å². The van der Waals surface area contributed by atoms with Gasteiger partial charge in [-0.05, 0) is 37.8 Å². The zero-order valence-corrected chi connectivity index (χ0v) is 20.6. The summed E-state index contributed by atoms with van der Waals surface area (Å²) in [6.45, 7) is 8.25. The summed E-state index contributed by atoms with van der Waals surface area (Å²) >= 11 is 1.44. The summed E-state index contributed by atoms with van der Waals surface area (Å²) in [5.74, 6) is 0.538. The van der Waals surface area contributed by atoms with Gasteiger partial charge in [0, 0.05) is 30.5 Å². The van der Waals surface area contributed by atoms with Crippen LogP contribution in [0.2, 0.25) is 0 Å². The summed E-state index contributed by atoms with van der Waals surface area (Å²) in [6.07, 6.45) is 1.34. The molecular weight excluding hydrogens is 438 g/mol. The molecule has 0 fully saturated rings. The SMILES string of the molecule is CC[C@@H](C)NC(=O)[C@@H](CC)N(Cc1cccc(C)c1)C(=O)CSCc1ccc([N+](=O)[O-])cc1. The summed E-state index contributed by atoms with van der Waals surface area (Å²) in [4.78, 5) is 38.3. The third-order valence-electron chi connectivity index (χ3n) is 5.46. The molecule has 2 amide bonds. The molecule has 0 unspecified atom stereocenters. The smallest absolute Gasteiger partial charge is 0.269 e. The molecule has 7 nitrogen and oxygen atoms in total. The van der Waals surface area contributed by atoms with Gasteiger partial charge in [-0.1, -0.05) is 55.8 Å². The molecule has 0 aliphatic heterocycles. The molecule has 1 N–H and O–H groups in total. The molecule has 0 bridgehead atoms. The van der Waals surface area contributed by atoms with E-state index in [1.54, 1.807) is 17.0 Å². The van der Waals surface area contributed by atoms with Crippen molar-refractivity contribution in [2.45, 2.75) is 64.9 Å². The topological polar surface area (TPSA) is 92.6 Å². The Labute approximate surface area is 200 Å². The second-order valence-electron chi connectivity index (χ2n) is 8.17. The van der Waals surface area contributed by atoms with E-state index in [2.05, 4.69) is 5.32 Å². The van der Waals surface area contributed by atoms with E-state index >= 15 is 0 Å². The van der Waals surface area contributed by atoms with Crippen molar-refractivity contribution in [3.8, 4) is 0 Å². The number of hydrogen-bond acceptors (Lipinski definition) is 5. The van der Waals surface area contributed by atoms with Crippen molar-refractivity contribution in [2.24, 2.45) is 0 Å². The van der Waals surface area contributed by atoms with Gasteiger partial charge in [0.15, 0.2) is 0 Å². The third kappa shape index (κ3) is 8.20. The molecular formula is C25H33N3O4S. The Morgan fingerprint density at radius 2 is 1.79 bits per heavy atom. The van der Waals surface area contributed by atoms with Gasteiger partial charge in [0.2, 0.25) is 11.8 Å². The highest BCUT2D eigenvalue weighted by atomic mass is 32.2. The van der Waals surface area contributed by atoms with Gasteiger partial charge in [0.05, 0.1) is 10.7 Å². The second-order valence-corrected chi connectivity index (χ2v) is 9.15. The summed E-state index contributed by atoms with van der Waals surface area (Å²) in [7, 11) is 0. The number of nitrogens with zero attached hydrogens (tertiary/aromatic N) is 2.